The molecule has 0 atom stereocenters. The van der Waals surface area contributed by atoms with E-state index in [2.05, 4.69) is 5.32 Å². The maximum atomic E-state index is 13.5. The molecule has 0 spiro atoms. The number of imide groups is 1. The molecule has 0 radical (unpaired) electrons. The SMILES string of the molecule is Cc1cc(C(=O)CN2C(=O)NC(C)(C)C2=O)c(C)n1-c1c(C)n(C)n(-c2ccccc2)c1=O. The second kappa shape index (κ2) is 7.61. The van der Waals surface area contributed by atoms with E-state index in [1.165, 1.54) is 0 Å². The van der Waals surface area contributed by atoms with Gasteiger partial charge in [-0.3, -0.25) is 24.0 Å². The molecule has 1 fully saturated rings. The lowest BCUT2D eigenvalue weighted by atomic mass is 10.1. The van der Waals surface area contributed by atoms with Crippen molar-refractivity contribution in [3.8, 4) is 11.4 Å². The van der Waals surface area contributed by atoms with Crippen LogP contribution in [0.3, 0.4) is 0 Å². The van der Waals surface area contributed by atoms with Gasteiger partial charge in [0, 0.05) is 24.0 Å². The summed E-state index contributed by atoms with van der Waals surface area (Å²) in [5, 5.41) is 2.58. The molecule has 4 rings (SSSR count). The van der Waals surface area contributed by atoms with E-state index in [4.69, 9.17) is 0 Å². The van der Waals surface area contributed by atoms with E-state index in [1.54, 1.807) is 40.8 Å². The Morgan fingerprint density at radius 3 is 2.21 bits per heavy atom. The molecule has 9 heteroatoms. The molecule has 3 heterocycles. The summed E-state index contributed by atoms with van der Waals surface area (Å²) in [5.74, 6) is -0.813. The normalized spacial score (nSPS) is 15.3. The fourth-order valence-corrected chi connectivity index (χ4v) is 4.39. The van der Waals surface area contributed by atoms with Crippen LogP contribution in [0.5, 0.6) is 0 Å². The van der Waals surface area contributed by atoms with E-state index in [-0.39, 0.29) is 17.9 Å². The van der Waals surface area contributed by atoms with Crippen molar-refractivity contribution in [2.45, 2.75) is 40.2 Å². The molecular weight excluding hydrogens is 422 g/mol. The van der Waals surface area contributed by atoms with Gasteiger partial charge < -0.3 is 9.88 Å². The van der Waals surface area contributed by atoms with Gasteiger partial charge in [-0.2, -0.15) is 0 Å². The predicted octanol–water partition coefficient (Wildman–Crippen LogP) is 2.41. The molecule has 1 aliphatic rings. The highest BCUT2D eigenvalue weighted by molar-refractivity contribution is 6.11. The summed E-state index contributed by atoms with van der Waals surface area (Å²) >= 11 is 0. The minimum Gasteiger partial charge on any atom is -0.324 e. The van der Waals surface area contributed by atoms with Gasteiger partial charge in [0.05, 0.1) is 17.9 Å². The number of urea groups is 1. The molecule has 3 aromatic rings. The highest BCUT2D eigenvalue weighted by Gasteiger charge is 2.45. The molecule has 1 N–H and O–H groups in total. The molecule has 1 aliphatic heterocycles. The van der Waals surface area contributed by atoms with Crippen molar-refractivity contribution in [2.75, 3.05) is 6.54 Å². The molecule has 0 aliphatic carbocycles. The predicted molar refractivity (Wildman–Crippen MR) is 123 cm³/mol. The fourth-order valence-electron chi connectivity index (χ4n) is 4.39. The molecule has 0 bridgehead atoms. The zero-order valence-electron chi connectivity index (χ0n) is 19.6. The van der Waals surface area contributed by atoms with Gasteiger partial charge in [0.1, 0.15) is 11.2 Å². The molecule has 33 heavy (non-hydrogen) atoms. The van der Waals surface area contributed by atoms with E-state index in [1.807, 2.05) is 51.2 Å². The van der Waals surface area contributed by atoms with Crippen LogP contribution in [0.2, 0.25) is 0 Å². The van der Waals surface area contributed by atoms with Gasteiger partial charge in [-0.05, 0) is 52.8 Å². The first kappa shape index (κ1) is 22.3. The molecule has 0 saturated carbocycles. The number of aromatic nitrogens is 3. The molecule has 9 nitrogen and oxygen atoms in total. The Bertz CT molecular complexity index is 1360. The van der Waals surface area contributed by atoms with Crippen molar-refractivity contribution in [3.63, 3.8) is 0 Å². The lowest BCUT2D eigenvalue weighted by Crippen LogP contribution is -2.41. The number of nitrogens with zero attached hydrogens (tertiary/aromatic N) is 4. The summed E-state index contributed by atoms with van der Waals surface area (Å²) < 4.78 is 5.13. The van der Waals surface area contributed by atoms with Crippen LogP contribution < -0.4 is 10.9 Å². The van der Waals surface area contributed by atoms with Crippen LogP contribution in [0.15, 0.2) is 41.2 Å². The van der Waals surface area contributed by atoms with Gasteiger partial charge in [-0.25, -0.2) is 9.48 Å². The zero-order valence-corrected chi connectivity index (χ0v) is 19.6. The number of nitrogens with one attached hydrogen (secondary N) is 1. The Balaban J connectivity index is 1.76. The van der Waals surface area contributed by atoms with Crippen molar-refractivity contribution >= 4 is 17.7 Å². The first-order valence-corrected chi connectivity index (χ1v) is 10.7. The van der Waals surface area contributed by atoms with Crippen LogP contribution in [0.4, 0.5) is 4.79 Å². The smallest absolute Gasteiger partial charge is 0.324 e. The number of amides is 3. The van der Waals surface area contributed by atoms with Gasteiger partial charge in [-0.1, -0.05) is 18.2 Å². The monoisotopic (exact) mass is 449 g/mol. The maximum absolute atomic E-state index is 13.5. The molecule has 1 aromatic carbocycles. The van der Waals surface area contributed by atoms with E-state index < -0.39 is 17.5 Å². The number of Topliss-reactive ketones (excluding diaryl/α,β-unsaturated/α-hetero) is 1. The number of benzene rings is 1. The lowest BCUT2D eigenvalue weighted by molar-refractivity contribution is -0.129. The Morgan fingerprint density at radius 2 is 1.64 bits per heavy atom. The van der Waals surface area contributed by atoms with Crippen molar-refractivity contribution < 1.29 is 14.4 Å². The molecule has 172 valence electrons. The van der Waals surface area contributed by atoms with Crippen LogP contribution in [-0.4, -0.2) is 48.6 Å². The number of hydrogen-bond donors (Lipinski definition) is 1. The zero-order chi connectivity index (χ0) is 24.2. The van der Waals surface area contributed by atoms with Gasteiger partial charge in [0.15, 0.2) is 5.78 Å². The summed E-state index contributed by atoms with van der Waals surface area (Å²) in [6.45, 7) is 8.26. The first-order chi connectivity index (χ1) is 15.5. The van der Waals surface area contributed by atoms with E-state index >= 15 is 0 Å². The van der Waals surface area contributed by atoms with Crippen LogP contribution in [-0.2, 0) is 11.8 Å². The second-order valence-corrected chi connectivity index (χ2v) is 8.90. The highest BCUT2D eigenvalue weighted by Crippen LogP contribution is 2.24. The summed E-state index contributed by atoms with van der Waals surface area (Å²) in [7, 11) is 1.81. The average Bonchev–Trinajstić information content (AvgIpc) is 3.24. The maximum Gasteiger partial charge on any atom is 0.325 e. The topological polar surface area (TPSA) is 98.3 Å². The van der Waals surface area contributed by atoms with Gasteiger partial charge in [-0.15, -0.1) is 0 Å². The number of aryl methyl sites for hydroxylation is 1. The van der Waals surface area contributed by atoms with Gasteiger partial charge >= 0.3 is 6.03 Å². The average molecular weight is 450 g/mol. The lowest BCUT2D eigenvalue weighted by Gasteiger charge is -2.15. The largest absolute Gasteiger partial charge is 0.325 e. The first-order valence-electron chi connectivity index (χ1n) is 10.7. The van der Waals surface area contributed by atoms with Crippen molar-refractivity contribution in [2.24, 2.45) is 7.05 Å². The summed E-state index contributed by atoms with van der Waals surface area (Å²) in [6.07, 6.45) is 0. The number of rotatable bonds is 5. The third kappa shape index (κ3) is 3.40. The molecule has 1 saturated heterocycles. The quantitative estimate of drug-likeness (QED) is 0.478. The van der Waals surface area contributed by atoms with Crippen LogP contribution >= 0.6 is 0 Å². The molecule has 0 unspecified atom stereocenters. The third-order valence-corrected chi connectivity index (χ3v) is 6.23. The summed E-state index contributed by atoms with van der Waals surface area (Å²) in [6, 6.07) is 10.4. The van der Waals surface area contributed by atoms with Crippen molar-refractivity contribution in [1.82, 2.24) is 24.1 Å². The second-order valence-electron chi connectivity index (χ2n) is 8.90. The number of carbonyl (C=O) groups excluding carboxylic acids is 3. The van der Waals surface area contributed by atoms with Crippen molar-refractivity contribution in [3.05, 3.63) is 69.4 Å². The Kier molecular flexibility index (Phi) is 5.15. The fraction of sp³-hybridized carbons (Fsp3) is 0.333. The molecule has 3 amide bonds. The highest BCUT2D eigenvalue weighted by atomic mass is 16.2. The van der Waals surface area contributed by atoms with Crippen LogP contribution in [0, 0.1) is 20.8 Å². The van der Waals surface area contributed by atoms with Crippen molar-refractivity contribution in [1.29, 1.82) is 0 Å². The van der Waals surface area contributed by atoms with Crippen LogP contribution in [0.25, 0.3) is 11.4 Å². The number of ketones is 1. The minimum atomic E-state index is -1.04. The number of hydrogen-bond acceptors (Lipinski definition) is 4. The van der Waals surface area contributed by atoms with Gasteiger partial charge in [0.25, 0.3) is 11.5 Å². The van der Waals surface area contributed by atoms with E-state index in [9.17, 15) is 19.2 Å². The third-order valence-electron chi connectivity index (χ3n) is 6.23. The summed E-state index contributed by atoms with van der Waals surface area (Å²) in [5.41, 5.74) is 2.32. The van der Waals surface area contributed by atoms with Crippen LogP contribution in [0.1, 0.15) is 41.3 Å². The minimum absolute atomic E-state index is 0.210. The molecular formula is C24H27N5O4. The molecule has 2 aromatic heterocycles. The summed E-state index contributed by atoms with van der Waals surface area (Å²) in [4.78, 5) is 52.2. The number of para-hydroxylation sites is 1. The Labute approximate surface area is 191 Å². The van der Waals surface area contributed by atoms with Gasteiger partial charge in [0.2, 0.25) is 0 Å². The Hall–Kier alpha value is -3.88. The van der Waals surface area contributed by atoms with E-state index in [0.29, 0.717) is 22.6 Å². The standard InChI is InChI=1S/C24H27N5O4/c1-14-12-18(19(30)13-27-22(32)24(4,5)25-23(27)33)15(2)28(14)20-16(3)26(6)29(21(20)31)17-10-8-7-9-11-17/h7-12H,13H2,1-6H3,(H,25,33). The Morgan fingerprint density at radius 1 is 1.00 bits per heavy atom. The number of carbonyl (C=O) groups is 3. The van der Waals surface area contributed by atoms with E-state index in [0.717, 1.165) is 16.3 Å².